The van der Waals surface area contributed by atoms with Crippen molar-refractivity contribution in [3.63, 3.8) is 0 Å². The monoisotopic (exact) mass is 562 g/mol. The second-order valence-electron chi connectivity index (χ2n) is 7.97. The van der Waals surface area contributed by atoms with Gasteiger partial charge in [0.05, 0.1) is 22.9 Å². The SMILES string of the molecule is CCNC(=NCc1nc(C(C)C)cs1)NCC1CCN(Cc2csc(C)n2)CC1.I. The molecule has 0 radical (unpaired) electrons. The minimum Gasteiger partial charge on any atom is -0.357 e. The number of halogens is 1. The first-order valence-electron chi connectivity index (χ1n) is 10.6. The Balaban J connectivity index is 0.00000320. The second kappa shape index (κ2) is 12.9. The van der Waals surface area contributed by atoms with Crippen LogP contribution < -0.4 is 10.6 Å². The van der Waals surface area contributed by atoms with Crippen molar-refractivity contribution in [3.8, 4) is 0 Å². The van der Waals surface area contributed by atoms with Gasteiger partial charge in [0, 0.05) is 30.4 Å². The van der Waals surface area contributed by atoms with Crippen LogP contribution in [0, 0.1) is 12.8 Å². The molecule has 1 aliphatic heterocycles. The van der Waals surface area contributed by atoms with Crippen LogP contribution >= 0.6 is 46.7 Å². The molecule has 0 atom stereocenters. The first-order chi connectivity index (χ1) is 14.0. The van der Waals surface area contributed by atoms with Gasteiger partial charge in [-0.15, -0.1) is 46.7 Å². The number of nitrogens with zero attached hydrogens (tertiary/aromatic N) is 4. The van der Waals surface area contributed by atoms with E-state index in [9.17, 15) is 0 Å². The summed E-state index contributed by atoms with van der Waals surface area (Å²) in [7, 11) is 0. The van der Waals surface area contributed by atoms with E-state index in [1.54, 1.807) is 22.7 Å². The number of rotatable bonds is 8. The van der Waals surface area contributed by atoms with Crippen molar-refractivity contribution in [2.24, 2.45) is 10.9 Å². The van der Waals surface area contributed by atoms with Gasteiger partial charge in [-0.3, -0.25) is 4.90 Å². The number of likely N-dealkylation sites (tertiary alicyclic amines) is 1. The van der Waals surface area contributed by atoms with Crippen LogP contribution in [0.1, 0.15) is 60.9 Å². The van der Waals surface area contributed by atoms with Crippen LogP contribution in [0.5, 0.6) is 0 Å². The van der Waals surface area contributed by atoms with Gasteiger partial charge >= 0.3 is 0 Å². The fraction of sp³-hybridized carbons (Fsp3) is 0.667. The van der Waals surface area contributed by atoms with Crippen LogP contribution in [-0.4, -0.2) is 47.0 Å². The smallest absolute Gasteiger partial charge is 0.191 e. The highest BCUT2D eigenvalue weighted by Crippen LogP contribution is 2.20. The van der Waals surface area contributed by atoms with E-state index in [2.05, 4.69) is 64.0 Å². The van der Waals surface area contributed by atoms with E-state index in [4.69, 9.17) is 4.99 Å². The second-order valence-corrected chi connectivity index (χ2v) is 9.98. The average molecular weight is 563 g/mol. The summed E-state index contributed by atoms with van der Waals surface area (Å²) in [6, 6.07) is 0. The van der Waals surface area contributed by atoms with E-state index in [1.807, 2.05) is 0 Å². The fourth-order valence-electron chi connectivity index (χ4n) is 3.45. The molecular weight excluding hydrogens is 527 g/mol. The van der Waals surface area contributed by atoms with E-state index < -0.39 is 0 Å². The average Bonchev–Trinajstić information content (AvgIpc) is 3.34. The maximum absolute atomic E-state index is 4.74. The highest BCUT2D eigenvalue weighted by Gasteiger charge is 2.20. The maximum Gasteiger partial charge on any atom is 0.191 e. The van der Waals surface area contributed by atoms with Crippen molar-refractivity contribution in [1.29, 1.82) is 0 Å². The Morgan fingerprint density at radius 3 is 2.57 bits per heavy atom. The Kier molecular flexibility index (Phi) is 11.0. The number of hydrogen-bond acceptors (Lipinski definition) is 6. The predicted octanol–water partition coefficient (Wildman–Crippen LogP) is 4.62. The van der Waals surface area contributed by atoms with E-state index >= 15 is 0 Å². The maximum atomic E-state index is 4.74. The molecule has 6 nitrogen and oxygen atoms in total. The summed E-state index contributed by atoms with van der Waals surface area (Å²) in [5, 5.41) is 13.5. The van der Waals surface area contributed by atoms with Gasteiger partial charge in [-0.25, -0.2) is 15.0 Å². The minimum absolute atomic E-state index is 0. The predicted molar refractivity (Wildman–Crippen MR) is 139 cm³/mol. The molecule has 2 aromatic rings. The number of aryl methyl sites for hydroxylation is 1. The van der Waals surface area contributed by atoms with Gasteiger partial charge in [-0.2, -0.15) is 0 Å². The fourth-order valence-corrected chi connectivity index (χ4v) is 4.93. The largest absolute Gasteiger partial charge is 0.357 e. The molecule has 9 heteroatoms. The van der Waals surface area contributed by atoms with Crippen molar-refractivity contribution >= 4 is 52.6 Å². The highest BCUT2D eigenvalue weighted by atomic mass is 127. The minimum atomic E-state index is 0. The number of nitrogens with one attached hydrogen (secondary N) is 2. The normalized spacial score (nSPS) is 16.0. The van der Waals surface area contributed by atoms with Gasteiger partial charge in [-0.1, -0.05) is 13.8 Å². The quantitative estimate of drug-likeness (QED) is 0.280. The molecule has 1 aliphatic rings. The summed E-state index contributed by atoms with van der Waals surface area (Å²) in [5.74, 6) is 2.06. The number of hydrogen-bond donors (Lipinski definition) is 2. The molecular formula is C21H35IN6S2. The van der Waals surface area contributed by atoms with Crippen molar-refractivity contribution in [1.82, 2.24) is 25.5 Å². The Morgan fingerprint density at radius 1 is 1.20 bits per heavy atom. The van der Waals surface area contributed by atoms with Crippen molar-refractivity contribution in [2.45, 2.75) is 59.5 Å². The van der Waals surface area contributed by atoms with Crippen molar-refractivity contribution in [3.05, 3.63) is 32.2 Å². The molecule has 2 N–H and O–H groups in total. The number of thiazole rings is 2. The van der Waals surface area contributed by atoms with Crippen LogP contribution in [0.15, 0.2) is 15.8 Å². The lowest BCUT2D eigenvalue weighted by atomic mass is 9.97. The Hall–Kier alpha value is -0.780. The molecule has 1 fully saturated rings. The molecule has 168 valence electrons. The summed E-state index contributed by atoms with van der Waals surface area (Å²) in [6.07, 6.45) is 2.44. The van der Waals surface area contributed by atoms with Crippen LogP contribution in [0.4, 0.5) is 0 Å². The van der Waals surface area contributed by atoms with E-state index in [0.717, 1.165) is 54.4 Å². The molecule has 3 rings (SSSR count). The standard InChI is InChI=1S/C21H34N6S2.HI/c1-5-22-21(24-11-20-26-19(14-29-20)15(2)3)23-10-17-6-8-27(9-7-17)12-18-13-28-16(4)25-18;/h13-15,17H,5-12H2,1-4H3,(H2,22,23,24);1H. The zero-order chi connectivity index (χ0) is 20.6. The molecule has 0 spiro atoms. The molecule has 1 saturated heterocycles. The summed E-state index contributed by atoms with van der Waals surface area (Å²) in [5.41, 5.74) is 2.38. The third-order valence-electron chi connectivity index (χ3n) is 5.20. The van der Waals surface area contributed by atoms with E-state index in [-0.39, 0.29) is 24.0 Å². The molecule has 2 aromatic heterocycles. The molecule has 0 saturated carbocycles. The van der Waals surface area contributed by atoms with Crippen molar-refractivity contribution < 1.29 is 0 Å². The first-order valence-corrected chi connectivity index (χ1v) is 12.4. The Bertz CT molecular complexity index is 780. The van der Waals surface area contributed by atoms with Crippen LogP contribution in [0.3, 0.4) is 0 Å². The number of piperidine rings is 1. The molecule has 0 aromatic carbocycles. The number of aromatic nitrogens is 2. The number of guanidine groups is 1. The third-order valence-corrected chi connectivity index (χ3v) is 6.87. The van der Waals surface area contributed by atoms with Gasteiger partial charge in [0.15, 0.2) is 5.96 Å². The molecule has 0 unspecified atom stereocenters. The van der Waals surface area contributed by atoms with Gasteiger partial charge in [-0.05, 0) is 51.6 Å². The zero-order valence-electron chi connectivity index (χ0n) is 18.5. The topological polar surface area (TPSA) is 65.4 Å². The summed E-state index contributed by atoms with van der Waals surface area (Å²) < 4.78 is 0. The lowest BCUT2D eigenvalue weighted by Crippen LogP contribution is -2.42. The third kappa shape index (κ3) is 8.05. The molecule has 30 heavy (non-hydrogen) atoms. The summed E-state index contributed by atoms with van der Waals surface area (Å²) in [6.45, 7) is 14.3. The van der Waals surface area contributed by atoms with Gasteiger partial charge < -0.3 is 10.6 Å². The van der Waals surface area contributed by atoms with Crippen LogP contribution in [0.2, 0.25) is 0 Å². The first kappa shape index (κ1) is 25.5. The lowest BCUT2D eigenvalue weighted by molar-refractivity contribution is 0.176. The molecule has 3 heterocycles. The zero-order valence-corrected chi connectivity index (χ0v) is 22.4. The Morgan fingerprint density at radius 2 is 1.97 bits per heavy atom. The van der Waals surface area contributed by atoms with Crippen LogP contribution in [0.25, 0.3) is 0 Å². The van der Waals surface area contributed by atoms with Gasteiger partial charge in [0.2, 0.25) is 0 Å². The van der Waals surface area contributed by atoms with Gasteiger partial charge in [0.1, 0.15) is 5.01 Å². The van der Waals surface area contributed by atoms with Crippen molar-refractivity contribution in [2.75, 3.05) is 26.2 Å². The molecule has 0 bridgehead atoms. The molecule has 0 aliphatic carbocycles. The highest BCUT2D eigenvalue weighted by molar-refractivity contribution is 14.0. The lowest BCUT2D eigenvalue weighted by Gasteiger charge is -2.31. The number of aliphatic imine (C=N–C) groups is 1. The summed E-state index contributed by atoms with van der Waals surface area (Å²) >= 11 is 3.45. The van der Waals surface area contributed by atoms with E-state index in [0.29, 0.717) is 18.4 Å². The van der Waals surface area contributed by atoms with Crippen LogP contribution in [-0.2, 0) is 13.1 Å². The Labute approximate surface area is 206 Å². The summed E-state index contributed by atoms with van der Waals surface area (Å²) in [4.78, 5) is 16.5. The van der Waals surface area contributed by atoms with E-state index in [1.165, 1.54) is 18.5 Å². The van der Waals surface area contributed by atoms with Gasteiger partial charge in [0.25, 0.3) is 0 Å². The molecule has 0 amide bonds.